The van der Waals surface area contributed by atoms with Gasteiger partial charge >= 0.3 is 5.97 Å². The standard InChI is InChI=1S/C16H22N2O2.2ClH/c1-17-6-8-18(9-7-17)15-5-4-12-10-14(16(19)20)3-2-13(12)11-15;;/h2-3,10,15H,4-9,11H2,1H3,(H,19,20);2*1H. The maximum atomic E-state index is 11.0. The molecule has 1 fully saturated rings. The lowest BCUT2D eigenvalue weighted by molar-refractivity contribution is 0.0696. The maximum absolute atomic E-state index is 11.0. The van der Waals surface area contributed by atoms with Gasteiger partial charge in [0.15, 0.2) is 0 Å². The average molecular weight is 347 g/mol. The van der Waals surface area contributed by atoms with Crippen LogP contribution in [0.1, 0.15) is 27.9 Å². The Labute approximate surface area is 144 Å². The smallest absolute Gasteiger partial charge is 0.335 e. The van der Waals surface area contributed by atoms with E-state index >= 15 is 0 Å². The van der Waals surface area contributed by atoms with E-state index in [-0.39, 0.29) is 24.8 Å². The van der Waals surface area contributed by atoms with E-state index in [2.05, 4.69) is 16.8 Å². The molecule has 0 radical (unpaired) electrons. The summed E-state index contributed by atoms with van der Waals surface area (Å²) >= 11 is 0. The first kappa shape index (κ1) is 19.2. The van der Waals surface area contributed by atoms with Gasteiger partial charge in [0.1, 0.15) is 0 Å². The highest BCUT2D eigenvalue weighted by molar-refractivity contribution is 5.88. The molecule has 6 heteroatoms. The molecule has 1 N–H and O–H groups in total. The molecule has 4 nitrogen and oxygen atoms in total. The summed E-state index contributed by atoms with van der Waals surface area (Å²) < 4.78 is 0. The fourth-order valence-electron chi connectivity index (χ4n) is 3.37. The van der Waals surface area contributed by atoms with E-state index < -0.39 is 5.97 Å². The fraction of sp³-hybridized carbons (Fsp3) is 0.562. The van der Waals surface area contributed by atoms with Gasteiger partial charge in [-0.1, -0.05) is 6.07 Å². The number of fused-ring (bicyclic) bond motifs is 1. The van der Waals surface area contributed by atoms with Gasteiger partial charge in [-0.15, -0.1) is 24.8 Å². The number of hydrogen-bond acceptors (Lipinski definition) is 3. The van der Waals surface area contributed by atoms with Crippen LogP contribution in [0.3, 0.4) is 0 Å². The Balaban J connectivity index is 0.00000121. The van der Waals surface area contributed by atoms with Crippen molar-refractivity contribution < 1.29 is 9.90 Å². The van der Waals surface area contributed by atoms with E-state index in [9.17, 15) is 4.79 Å². The van der Waals surface area contributed by atoms with E-state index in [0.29, 0.717) is 11.6 Å². The van der Waals surface area contributed by atoms with Crippen molar-refractivity contribution in [2.75, 3.05) is 33.2 Å². The Bertz CT molecular complexity index is 517. The summed E-state index contributed by atoms with van der Waals surface area (Å²) in [6, 6.07) is 6.25. The zero-order valence-corrected chi connectivity index (χ0v) is 14.5. The maximum Gasteiger partial charge on any atom is 0.335 e. The molecule has 1 unspecified atom stereocenters. The van der Waals surface area contributed by atoms with Crippen molar-refractivity contribution in [3.05, 3.63) is 34.9 Å². The summed E-state index contributed by atoms with van der Waals surface area (Å²) in [7, 11) is 2.18. The number of rotatable bonds is 2. The highest BCUT2D eigenvalue weighted by Crippen LogP contribution is 2.26. The molecule has 1 atom stereocenters. The van der Waals surface area contributed by atoms with Gasteiger partial charge in [-0.05, 0) is 49.6 Å². The summed E-state index contributed by atoms with van der Waals surface area (Å²) in [5, 5.41) is 9.05. The van der Waals surface area contributed by atoms with E-state index in [1.54, 1.807) is 6.07 Å². The summed E-state index contributed by atoms with van der Waals surface area (Å²) in [6.07, 6.45) is 3.23. The largest absolute Gasteiger partial charge is 0.478 e. The lowest BCUT2D eigenvalue weighted by atomic mass is 9.86. The summed E-state index contributed by atoms with van der Waals surface area (Å²) in [5.74, 6) is -0.825. The monoisotopic (exact) mass is 346 g/mol. The Morgan fingerprint density at radius 3 is 2.45 bits per heavy atom. The molecule has 22 heavy (non-hydrogen) atoms. The summed E-state index contributed by atoms with van der Waals surface area (Å²) in [6.45, 7) is 4.62. The van der Waals surface area contributed by atoms with Crippen LogP contribution in [0.5, 0.6) is 0 Å². The predicted molar refractivity (Wildman–Crippen MR) is 92.8 cm³/mol. The Kier molecular flexibility index (Phi) is 7.13. The zero-order valence-electron chi connectivity index (χ0n) is 12.8. The minimum atomic E-state index is -0.825. The predicted octanol–water partition coefficient (Wildman–Crippen LogP) is 2.33. The quantitative estimate of drug-likeness (QED) is 0.892. The molecule has 2 aliphatic rings. The van der Waals surface area contributed by atoms with Crippen LogP contribution >= 0.6 is 24.8 Å². The van der Waals surface area contributed by atoms with Crippen LogP contribution in [0, 0.1) is 0 Å². The minimum absolute atomic E-state index is 0. The molecule has 1 aliphatic carbocycles. The van der Waals surface area contributed by atoms with Crippen molar-refractivity contribution in [3.63, 3.8) is 0 Å². The van der Waals surface area contributed by atoms with Gasteiger partial charge in [-0.3, -0.25) is 4.90 Å². The first-order valence-corrected chi connectivity index (χ1v) is 7.41. The second kappa shape index (κ2) is 8.16. The lowest BCUT2D eigenvalue weighted by Crippen LogP contribution is -2.50. The number of halogens is 2. The topological polar surface area (TPSA) is 43.8 Å². The molecule has 0 amide bonds. The first-order chi connectivity index (χ1) is 9.63. The van der Waals surface area contributed by atoms with Crippen LogP contribution in [0.25, 0.3) is 0 Å². The molecular formula is C16H24Cl2N2O2. The zero-order chi connectivity index (χ0) is 14.1. The third-order valence-corrected chi connectivity index (χ3v) is 4.71. The molecule has 1 heterocycles. The summed E-state index contributed by atoms with van der Waals surface area (Å²) in [4.78, 5) is 16.0. The third kappa shape index (κ3) is 4.13. The first-order valence-electron chi connectivity index (χ1n) is 7.41. The molecule has 1 saturated heterocycles. The van der Waals surface area contributed by atoms with Gasteiger partial charge in [0.25, 0.3) is 0 Å². The van der Waals surface area contributed by atoms with Crippen molar-refractivity contribution in [1.82, 2.24) is 9.80 Å². The minimum Gasteiger partial charge on any atom is -0.478 e. The van der Waals surface area contributed by atoms with Crippen molar-refractivity contribution in [1.29, 1.82) is 0 Å². The van der Waals surface area contributed by atoms with Crippen LogP contribution in [-0.4, -0.2) is 60.1 Å². The molecule has 3 rings (SSSR count). The highest BCUT2D eigenvalue weighted by atomic mass is 35.5. The van der Waals surface area contributed by atoms with Crippen molar-refractivity contribution in [2.45, 2.75) is 25.3 Å². The van der Waals surface area contributed by atoms with Gasteiger partial charge in [-0.25, -0.2) is 4.79 Å². The lowest BCUT2D eigenvalue weighted by Gasteiger charge is -2.40. The molecule has 0 saturated carbocycles. The Hall–Kier alpha value is -0.810. The number of aryl methyl sites for hydroxylation is 1. The van der Waals surface area contributed by atoms with Gasteiger partial charge in [0, 0.05) is 32.2 Å². The van der Waals surface area contributed by atoms with E-state index in [4.69, 9.17) is 5.11 Å². The number of nitrogens with zero attached hydrogens (tertiary/aromatic N) is 2. The number of carbonyl (C=O) groups is 1. The fourth-order valence-corrected chi connectivity index (χ4v) is 3.37. The van der Waals surface area contributed by atoms with Crippen molar-refractivity contribution in [3.8, 4) is 0 Å². The number of benzene rings is 1. The van der Waals surface area contributed by atoms with Gasteiger partial charge in [0.2, 0.25) is 0 Å². The SMILES string of the molecule is CN1CCN(C2CCc3cc(C(=O)O)ccc3C2)CC1.Cl.Cl. The van der Waals surface area contributed by atoms with Gasteiger partial charge in [0.05, 0.1) is 5.56 Å². The summed E-state index contributed by atoms with van der Waals surface area (Å²) in [5.41, 5.74) is 2.99. The third-order valence-electron chi connectivity index (χ3n) is 4.71. The molecule has 1 aromatic rings. The van der Waals surface area contributed by atoms with E-state index in [0.717, 1.165) is 45.4 Å². The normalized spacial score (nSPS) is 22.1. The highest BCUT2D eigenvalue weighted by Gasteiger charge is 2.26. The van der Waals surface area contributed by atoms with Crippen molar-refractivity contribution in [2.24, 2.45) is 0 Å². The van der Waals surface area contributed by atoms with Crippen LogP contribution in [0.4, 0.5) is 0 Å². The second-order valence-electron chi connectivity index (χ2n) is 6.02. The average Bonchev–Trinajstić information content (AvgIpc) is 2.47. The van der Waals surface area contributed by atoms with Gasteiger partial charge in [-0.2, -0.15) is 0 Å². The Morgan fingerprint density at radius 1 is 1.14 bits per heavy atom. The number of likely N-dealkylation sites (N-methyl/N-ethyl adjacent to an activating group) is 1. The number of carboxylic acid groups (broad SMARTS) is 1. The van der Waals surface area contributed by atoms with Crippen LogP contribution in [-0.2, 0) is 12.8 Å². The number of hydrogen-bond donors (Lipinski definition) is 1. The van der Waals surface area contributed by atoms with Crippen LogP contribution in [0.15, 0.2) is 18.2 Å². The molecule has 1 aliphatic heterocycles. The molecule has 0 aromatic heterocycles. The number of carboxylic acids is 1. The second-order valence-corrected chi connectivity index (χ2v) is 6.02. The molecule has 0 spiro atoms. The Morgan fingerprint density at radius 2 is 1.82 bits per heavy atom. The van der Waals surface area contributed by atoms with E-state index in [1.807, 2.05) is 12.1 Å². The molecular weight excluding hydrogens is 323 g/mol. The molecule has 1 aromatic carbocycles. The van der Waals surface area contributed by atoms with Crippen molar-refractivity contribution >= 4 is 30.8 Å². The molecule has 0 bridgehead atoms. The van der Waals surface area contributed by atoms with Crippen LogP contribution in [0.2, 0.25) is 0 Å². The van der Waals surface area contributed by atoms with Gasteiger partial charge < -0.3 is 10.0 Å². The van der Waals surface area contributed by atoms with Crippen LogP contribution < -0.4 is 0 Å². The number of aromatic carboxylic acids is 1. The van der Waals surface area contributed by atoms with E-state index in [1.165, 1.54) is 11.1 Å². The number of piperazine rings is 1. The molecule has 124 valence electrons.